The fraction of sp³-hybridized carbons (Fsp3) is 0.250. The zero-order valence-electron chi connectivity index (χ0n) is 11.5. The standard InChI is InChI=1S/C16H18ClNO/c1-11-7-8-15(12(2)9-11)19-16-6-4-5-14(17)13(16)10-18-3/h4-9,18H,10H2,1-3H3. The highest BCUT2D eigenvalue weighted by Gasteiger charge is 2.09. The van der Waals surface area contributed by atoms with Crippen LogP contribution in [-0.4, -0.2) is 7.05 Å². The second kappa shape index (κ2) is 6.09. The second-order valence-corrected chi connectivity index (χ2v) is 5.03. The molecule has 2 aromatic rings. The topological polar surface area (TPSA) is 21.3 Å². The lowest BCUT2D eigenvalue weighted by atomic mass is 10.1. The molecule has 0 heterocycles. The van der Waals surface area contributed by atoms with Crippen LogP contribution in [0.2, 0.25) is 5.02 Å². The van der Waals surface area contributed by atoms with E-state index in [1.807, 2.05) is 44.3 Å². The highest BCUT2D eigenvalue weighted by Crippen LogP contribution is 2.32. The molecule has 0 fully saturated rings. The summed E-state index contributed by atoms with van der Waals surface area (Å²) in [6, 6.07) is 11.9. The molecule has 2 aromatic carbocycles. The van der Waals surface area contributed by atoms with Crippen molar-refractivity contribution in [2.45, 2.75) is 20.4 Å². The number of benzene rings is 2. The minimum absolute atomic E-state index is 0.680. The van der Waals surface area contributed by atoms with E-state index in [4.69, 9.17) is 16.3 Å². The van der Waals surface area contributed by atoms with Crippen molar-refractivity contribution in [2.24, 2.45) is 0 Å². The predicted octanol–water partition coefficient (Wildman–Crippen LogP) is 4.47. The fourth-order valence-corrected chi connectivity index (χ4v) is 2.25. The van der Waals surface area contributed by atoms with Crippen LogP contribution >= 0.6 is 11.6 Å². The van der Waals surface area contributed by atoms with E-state index >= 15 is 0 Å². The number of ether oxygens (including phenoxy) is 1. The molecule has 2 rings (SSSR count). The summed E-state index contributed by atoms with van der Waals surface area (Å²) in [5.74, 6) is 1.67. The molecule has 0 radical (unpaired) electrons. The molecule has 0 spiro atoms. The van der Waals surface area contributed by atoms with Crippen LogP contribution in [0.4, 0.5) is 0 Å². The van der Waals surface area contributed by atoms with Crippen LogP contribution in [0, 0.1) is 13.8 Å². The lowest BCUT2D eigenvalue weighted by Crippen LogP contribution is -2.07. The summed E-state index contributed by atoms with van der Waals surface area (Å²) in [4.78, 5) is 0. The van der Waals surface area contributed by atoms with Crippen LogP contribution in [-0.2, 0) is 6.54 Å². The van der Waals surface area contributed by atoms with Gasteiger partial charge in [-0.25, -0.2) is 0 Å². The van der Waals surface area contributed by atoms with Crippen molar-refractivity contribution in [3.63, 3.8) is 0 Å². The smallest absolute Gasteiger partial charge is 0.133 e. The Morgan fingerprint density at radius 2 is 1.89 bits per heavy atom. The van der Waals surface area contributed by atoms with Crippen LogP contribution in [0.15, 0.2) is 36.4 Å². The van der Waals surface area contributed by atoms with E-state index in [1.54, 1.807) is 0 Å². The lowest BCUT2D eigenvalue weighted by molar-refractivity contribution is 0.470. The molecule has 1 N–H and O–H groups in total. The highest BCUT2D eigenvalue weighted by molar-refractivity contribution is 6.31. The van der Waals surface area contributed by atoms with E-state index in [-0.39, 0.29) is 0 Å². The Hall–Kier alpha value is -1.51. The van der Waals surface area contributed by atoms with E-state index in [0.717, 1.165) is 27.6 Å². The number of hydrogen-bond acceptors (Lipinski definition) is 2. The van der Waals surface area contributed by atoms with Gasteiger partial charge >= 0.3 is 0 Å². The van der Waals surface area contributed by atoms with Gasteiger partial charge in [0, 0.05) is 17.1 Å². The monoisotopic (exact) mass is 275 g/mol. The van der Waals surface area contributed by atoms with Crippen molar-refractivity contribution in [2.75, 3.05) is 7.05 Å². The van der Waals surface area contributed by atoms with Gasteiger partial charge in [0.2, 0.25) is 0 Å². The first-order valence-electron chi connectivity index (χ1n) is 6.29. The van der Waals surface area contributed by atoms with Crippen LogP contribution in [0.5, 0.6) is 11.5 Å². The Morgan fingerprint density at radius 3 is 2.58 bits per heavy atom. The molecule has 19 heavy (non-hydrogen) atoms. The summed E-state index contributed by atoms with van der Waals surface area (Å²) in [5.41, 5.74) is 3.33. The molecule has 0 aromatic heterocycles. The van der Waals surface area contributed by atoms with E-state index in [0.29, 0.717) is 6.54 Å². The fourth-order valence-electron chi connectivity index (χ4n) is 2.02. The Morgan fingerprint density at radius 1 is 1.11 bits per heavy atom. The molecule has 2 nitrogen and oxygen atoms in total. The summed E-state index contributed by atoms with van der Waals surface area (Å²) in [7, 11) is 1.89. The molecule has 0 bridgehead atoms. The molecule has 3 heteroatoms. The Balaban J connectivity index is 2.35. The SMILES string of the molecule is CNCc1c(Cl)cccc1Oc1ccc(C)cc1C. The van der Waals surface area contributed by atoms with Crippen molar-refractivity contribution >= 4 is 11.6 Å². The molecule has 0 aliphatic carbocycles. The quantitative estimate of drug-likeness (QED) is 0.889. The van der Waals surface area contributed by atoms with Gasteiger partial charge in [-0.1, -0.05) is 35.4 Å². The van der Waals surface area contributed by atoms with Crippen molar-refractivity contribution in [1.82, 2.24) is 5.32 Å². The average molecular weight is 276 g/mol. The Kier molecular flexibility index (Phi) is 4.46. The number of nitrogens with one attached hydrogen (secondary N) is 1. The minimum Gasteiger partial charge on any atom is -0.457 e. The van der Waals surface area contributed by atoms with Crippen LogP contribution in [0.25, 0.3) is 0 Å². The summed E-state index contributed by atoms with van der Waals surface area (Å²) < 4.78 is 6.00. The number of rotatable bonds is 4. The van der Waals surface area contributed by atoms with Gasteiger partial charge in [-0.15, -0.1) is 0 Å². The minimum atomic E-state index is 0.680. The van der Waals surface area contributed by atoms with Crippen LogP contribution in [0.1, 0.15) is 16.7 Å². The molecule has 0 aliphatic heterocycles. The third-order valence-corrected chi connectivity index (χ3v) is 3.33. The first-order valence-corrected chi connectivity index (χ1v) is 6.66. The molecule has 0 aliphatic rings. The summed E-state index contributed by atoms with van der Waals surface area (Å²) in [6.45, 7) is 4.80. The maximum absolute atomic E-state index is 6.22. The molecule has 100 valence electrons. The van der Waals surface area contributed by atoms with Gasteiger partial charge < -0.3 is 10.1 Å². The van der Waals surface area contributed by atoms with Crippen molar-refractivity contribution in [3.8, 4) is 11.5 Å². The molecule has 0 saturated heterocycles. The van der Waals surface area contributed by atoms with Gasteiger partial charge in [0.15, 0.2) is 0 Å². The van der Waals surface area contributed by atoms with E-state index in [1.165, 1.54) is 5.56 Å². The zero-order valence-corrected chi connectivity index (χ0v) is 12.2. The van der Waals surface area contributed by atoms with Gasteiger partial charge in [0.1, 0.15) is 11.5 Å². The normalized spacial score (nSPS) is 10.5. The molecule has 0 saturated carbocycles. The molecular weight excluding hydrogens is 258 g/mol. The number of aryl methyl sites for hydroxylation is 2. The first-order chi connectivity index (χ1) is 9.11. The molecule has 0 atom stereocenters. The molecule has 0 amide bonds. The maximum atomic E-state index is 6.22. The van der Waals surface area contributed by atoms with Crippen molar-refractivity contribution in [3.05, 3.63) is 58.1 Å². The summed E-state index contributed by atoms with van der Waals surface area (Å²) >= 11 is 6.22. The third kappa shape index (κ3) is 3.28. The summed E-state index contributed by atoms with van der Waals surface area (Å²) in [6.07, 6.45) is 0. The second-order valence-electron chi connectivity index (χ2n) is 4.62. The molecule has 0 unspecified atom stereocenters. The molecular formula is C16H18ClNO. The van der Waals surface area contributed by atoms with Crippen molar-refractivity contribution in [1.29, 1.82) is 0 Å². The van der Waals surface area contributed by atoms with Crippen molar-refractivity contribution < 1.29 is 4.74 Å². The predicted molar refractivity (Wildman–Crippen MR) is 80.2 cm³/mol. The lowest BCUT2D eigenvalue weighted by Gasteiger charge is -2.14. The van der Waals surface area contributed by atoms with E-state index in [9.17, 15) is 0 Å². The average Bonchev–Trinajstić information content (AvgIpc) is 2.37. The number of halogens is 1. The van der Waals surface area contributed by atoms with Gasteiger partial charge in [-0.3, -0.25) is 0 Å². The van der Waals surface area contributed by atoms with E-state index < -0.39 is 0 Å². The van der Waals surface area contributed by atoms with Crippen LogP contribution < -0.4 is 10.1 Å². The number of hydrogen-bond donors (Lipinski definition) is 1. The highest BCUT2D eigenvalue weighted by atomic mass is 35.5. The van der Waals surface area contributed by atoms with Gasteiger partial charge in [-0.2, -0.15) is 0 Å². The zero-order chi connectivity index (χ0) is 13.8. The van der Waals surface area contributed by atoms with Crippen LogP contribution in [0.3, 0.4) is 0 Å². The van der Waals surface area contributed by atoms with Gasteiger partial charge in [0.25, 0.3) is 0 Å². The Bertz CT molecular complexity index is 581. The summed E-state index contributed by atoms with van der Waals surface area (Å²) in [5, 5.41) is 3.83. The van der Waals surface area contributed by atoms with Gasteiger partial charge in [0.05, 0.1) is 0 Å². The third-order valence-electron chi connectivity index (χ3n) is 2.98. The first kappa shape index (κ1) is 13.9. The van der Waals surface area contributed by atoms with E-state index in [2.05, 4.69) is 18.3 Å². The largest absolute Gasteiger partial charge is 0.457 e. The van der Waals surface area contributed by atoms with Gasteiger partial charge in [-0.05, 0) is 44.7 Å². The maximum Gasteiger partial charge on any atom is 0.133 e. The Labute approximate surface area is 119 Å².